The normalized spacial score (nSPS) is 9.91. The molecule has 2 atom stereocenters. The Bertz CT molecular complexity index is 176. The Balaban J connectivity index is -0.0000000376. The molecule has 132 valence electrons. The first-order chi connectivity index (χ1) is 9.53. The Labute approximate surface area is 153 Å². The fraction of sp³-hybridized carbons (Fsp3) is 0.833. The van der Waals surface area contributed by atoms with Gasteiger partial charge in [-0.2, -0.15) is 0 Å². The fourth-order valence-corrected chi connectivity index (χ4v) is 0. The van der Waals surface area contributed by atoms with E-state index >= 15 is 0 Å². The zero-order chi connectivity index (χ0) is 18.4. The second-order valence-corrected chi connectivity index (χ2v) is 2.96. The minimum absolute atomic E-state index is 0. The van der Waals surface area contributed by atoms with Crippen molar-refractivity contribution in [1.82, 2.24) is 0 Å². The summed E-state index contributed by atoms with van der Waals surface area (Å²) in [6.45, 7) is 8.12. The van der Waals surface area contributed by atoms with Crippen molar-refractivity contribution in [2.24, 2.45) is 0 Å². The summed E-state index contributed by atoms with van der Waals surface area (Å²) in [7, 11) is 0. The molecule has 2 unspecified atom stereocenters. The first-order valence-electron chi connectivity index (χ1n) is 6.15. The molecule has 0 aliphatic rings. The maximum atomic E-state index is 9.45. The average molecular weight is 340 g/mol. The predicted molar refractivity (Wildman–Crippen MR) is 74.3 cm³/mol. The molecule has 0 bridgehead atoms. The van der Waals surface area contributed by atoms with E-state index in [0.717, 1.165) is 6.92 Å². The molecular formula is C12H29NaO9. The van der Waals surface area contributed by atoms with Crippen LogP contribution in [-0.4, -0.2) is 74.6 Å². The van der Waals surface area contributed by atoms with Crippen LogP contribution >= 0.6 is 0 Å². The third-order valence-electron chi connectivity index (χ3n) is 0.699. The summed E-state index contributed by atoms with van der Waals surface area (Å²) in [6.07, 6.45) is -2.57. The topological polar surface area (TPSA) is 179 Å². The molecule has 0 radical (unpaired) electrons. The average Bonchev–Trinajstić information content (AvgIpc) is 2.32. The van der Waals surface area contributed by atoms with Crippen molar-refractivity contribution in [3.8, 4) is 0 Å². The number of carbonyl (C=O) groups is 2. The molecule has 0 aromatic carbocycles. The Morgan fingerprint density at radius 3 is 0.955 bits per heavy atom. The first-order valence-corrected chi connectivity index (χ1v) is 6.15. The van der Waals surface area contributed by atoms with Gasteiger partial charge in [-0.05, 0) is 34.6 Å². The zero-order valence-corrected chi connectivity index (χ0v) is 16.2. The van der Waals surface area contributed by atoms with Gasteiger partial charge in [0.1, 0.15) is 6.10 Å². The van der Waals surface area contributed by atoms with Gasteiger partial charge in [-0.15, -0.1) is 0 Å². The third kappa shape index (κ3) is 116. The van der Waals surface area contributed by atoms with Crippen molar-refractivity contribution in [2.75, 3.05) is 19.8 Å². The third-order valence-corrected chi connectivity index (χ3v) is 0.699. The molecule has 0 aliphatic carbocycles. The summed E-state index contributed by atoms with van der Waals surface area (Å²) >= 11 is 0. The van der Waals surface area contributed by atoms with Crippen LogP contribution in [0, 0.1) is 0 Å². The molecule has 0 spiro atoms. The smallest absolute Gasteiger partial charge is 0.547 e. The maximum absolute atomic E-state index is 9.45. The second-order valence-electron chi connectivity index (χ2n) is 2.96. The molecule has 0 saturated carbocycles. The molecule has 10 heteroatoms. The van der Waals surface area contributed by atoms with Crippen LogP contribution in [0.25, 0.3) is 0 Å². The molecular weight excluding hydrogens is 311 g/mol. The Hall–Kier alpha value is -0.260. The molecule has 0 aromatic heterocycles. The quantitative estimate of drug-likeness (QED) is 0.267. The number of aliphatic carboxylic acids is 2. The van der Waals surface area contributed by atoms with Gasteiger partial charge in [-0.1, -0.05) is 0 Å². The number of carboxylic acids is 2. The molecule has 0 fully saturated rings. The van der Waals surface area contributed by atoms with Crippen LogP contribution in [0.3, 0.4) is 0 Å². The Kier molecular flexibility index (Phi) is 63.8. The van der Waals surface area contributed by atoms with Crippen molar-refractivity contribution in [1.29, 1.82) is 0 Å². The molecule has 9 nitrogen and oxygen atoms in total. The number of aliphatic hydroxyl groups is 5. The number of rotatable bonds is 2. The number of carbonyl (C=O) groups excluding carboxylic acids is 1. The molecule has 0 rings (SSSR count). The molecule has 0 aromatic rings. The van der Waals surface area contributed by atoms with Gasteiger partial charge in [0.25, 0.3) is 0 Å². The second kappa shape index (κ2) is 37.2. The Morgan fingerprint density at radius 2 is 0.955 bits per heavy atom. The van der Waals surface area contributed by atoms with Crippen LogP contribution in [0.2, 0.25) is 0 Å². The van der Waals surface area contributed by atoms with E-state index in [0.29, 0.717) is 0 Å². The first kappa shape index (κ1) is 37.7. The van der Waals surface area contributed by atoms with Crippen LogP contribution in [0.15, 0.2) is 0 Å². The largest absolute Gasteiger partial charge is 1.00 e. The van der Waals surface area contributed by atoms with Crippen LogP contribution in [0.1, 0.15) is 34.6 Å². The summed E-state index contributed by atoms with van der Waals surface area (Å²) in [5.41, 5.74) is 0. The summed E-state index contributed by atoms with van der Waals surface area (Å²) < 4.78 is 0. The summed E-state index contributed by atoms with van der Waals surface area (Å²) in [6, 6.07) is 0. The minimum atomic E-state index is -1.44. The van der Waals surface area contributed by atoms with Gasteiger partial charge >= 0.3 is 35.5 Å². The number of hydrogen-bond donors (Lipinski definition) is 6. The standard InChI is InChI=1S/2C3H6O3.3C2H6O.Na/c2*1-2(4)3(5)6;3*1-2-3;/h2*2,4H,1H3,(H,5,6);3*3H,2H2,1H3;/q;;;;;+1/p-1. The predicted octanol–water partition coefficient (Wildman–Crippen LogP) is -5.43. The SMILES string of the molecule is CC(O)C(=O)O.CC(O)C(=O)[O-].CCO.CCO.CCO.[Na+]. The van der Waals surface area contributed by atoms with Gasteiger partial charge in [0.05, 0.1) is 12.1 Å². The zero-order valence-electron chi connectivity index (χ0n) is 14.2. The van der Waals surface area contributed by atoms with E-state index in [1.807, 2.05) is 0 Å². The van der Waals surface area contributed by atoms with E-state index in [1.165, 1.54) is 6.92 Å². The van der Waals surface area contributed by atoms with Gasteiger partial charge in [-0.3, -0.25) is 0 Å². The Morgan fingerprint density at radius 1 is 0.864 bits per heavy atom. The molecule has 0 heterocycles. The molecule has 22 heavy (non-hydrogen) atoms. The van der Waals surface area contributed by atoms with E-state index in [9.17, 15) is 14.7 Å². The minimum Gasteiger partial charge on any atom is -0.547 e. The van der Waals surface area contributed by atoms with Crippen LogP contribution in [0.4, 0.5) is 0 Å². The summed E-state index contributed by atoms with van der Waals surface area (Å²) in [5, 5.41) is 55.8. The monoisotopic (exact) mass is 340 g/mol. The van der Waals surface area contributed by atoms with Gasteiger partial charge in [-0.25, -0.2) is 4.79 Å². The van der Waals surface area contributed by atoms with Crippen molar-refractivity contribution >= 4 is 11.9 Å². The molecule has 0 aliphatic heterocycles. The molecule has 0 amide bonds. The van der Waals surface area contributed by atoms with Crippen molar-refractivity contribution < 1.29 is 74.9 Å². The maximum Gasteiger partial charge on any atom is 1.00 e. The van der Waals surface area contributed by atoms with Gasteiger partial charge < -0.3 is 40.5 Å². The van der Waals surface area contributed by atoms with Gasteiger partial charge in [0, 0.05) is 19.8 Å². The van der Waals surface area contributed by atoms with Gasteiger partial charge in [0.2, 0.25) is 0 Å². The number of carboxylic acid groups (broad SMARTS) is 2. The van der Waals surface area contributed by atoms with E-state index in [1.54, 1.807) is 20.8 Å². The van der Waals surface area contributed by atoms with Crippen molar-refractivity contribution in [2.45, 2.75) is 46.8 Å². The van der Waals surface area contributed by atoms with Gasteiger partial charge in [0.15, 0.2) is 0 Å². The summed E-state index contributed by atoms with van der Waals surface area (Å²) in [5.74, 6) is -2.62. The number of hydrogen-bond acceptors (Lipinski definition) is 8. The van der Waals surface area contributed by atoms with E-state index < -0.39 is 24.1 Å². The van der Waals surface area contributed by atoms with Crippen LogP contribution in [-0.2, 0) is 9.59 Å². The van der Waals surface area contributed by atoms with Crippen LogP contribution < -0.4 is 34.7 Å². The number of aliphatic hydroxyl groups excluding tert-OH is 5. The van der Waals surface area contributed by atoms with E-state index in [4.69, 9.17) is 30.6 Å². The summed E-state index contributed by atoms with van der Waals surface area (Å²) in [4.78, 5) is 18.8. The molecule has 0 saturated heterocycles. The fourth-order valence-electron chi connectivity index (χ4n) is 0. The molecule has 6 N–H and O–H groups in total. The van der Waals surface area contributed by atoms with Crippen LogP contribution in [0.5, 0.6) is 0 Å². The van der Waals surface area contributed by atoms with Crippen molar-refractivity contribution in [3.63, 3.8) is 0 Å². The van der Waals surface area contributed by atoms with Crippen molar-refractivity contribution in [3.05, 3.63) is 0 Å². The van der Waals surface area contributed by atoms with E-state index in [-0.39, 0.29) is 49.4 Å². The van der Waals surface area contributed by atoms with E-state index in [2.05, 4.69) is 0 Å².